The summed E-state index contributed by atoms with van der Waals surface area (Å²) in [5.74, 6) is -0.121. The van der Waals surface area contributed by atoms with Crippen LogP contribution in [0.4, 0.5) is 5.13 Å². The standard InChI is InChI=1S/C21H19N3O2S2/c1-27-17-8-9-18-19(11-17)28-21(23-18)24(13-16-3-2-10-26-16)20(25)15-6-4-14(12-22)5-7-15/h4-9,11,16H,2-3,10,13H2,1H3. The highest BCUT2D eigenvalue weighted by molar-refractivity contribution is 7.98. The Bertz CT molecular complexity index is 1030. The van der Waals surface area contributed by atoms with E-state index in [2.05, 4.69) is 12.1 Å². The smallest absolute Gasteiger partial charge is 0.260 e. The van der Waals surface area contributed by atoms with Crippen molar-refractivity contribution in [3.05, 3.63) is 53.6 Å². The molecule has 1 aliphatic rings. The number of thioether (sulfide) groups is 1. The summed E-state index contributed by atoms with van der Waals surface area (Å²) in [6.45, 7) is 1.22. The lowest BCUT2D eigenvalue weighted by atomic mass is 10.1. The molecule has 28 heavy (non-hydrogen) atoms. The van der Waals surface area contributed by atoms with Crippen molar-refractivity contribution in [1.29, 1.82) is 5.26 Å². The number of nitrogens with zero attached hydrogens (tertiary/aromatic N) is 3. The predicted octanol–water partition coefficient (Wildman–Crippen LogP) is 4.72. The maximum Gasteiger partial charge on any atom is 0.260 e. The number of hydrogen-bond acceptors (Lipinski definition) is 6. The van der Waals surface area contributed by atoms with Gasteiger partial charge in [-0.25, -0.2) is 4.98 Å². The summed E-state index contributed by atoms with van der Waals surface area (Å²) in [6, 6.07) is 15.0. The molecule has 0 radical (unpaired) electrons. The summed E-state index contributed by atoms with van der Waals surface area (Å²) in [7, 11) is 0. The van der Waals surface area contributed by atoms with Gasteiger partial charge in [0.05, 0.1) is 34.5 Å². The number of ether oxygens (including phenoxy) is 1. The zero-order chi connectivity index (χ0) is 19.5. The molecule has 3 aromatic rings. The Morgan fingerprint density at radius 3 is 2.86 bits per heavy atom. The zero-order valence-electron chi connectivity index (χ0n) is 15.4. The molecular formula is C21H19N3O2S2. The number of carbonyl (C=O) groups is 1. The lowest BCUT2D eigenvalue weighted by molar-refractivity contribution is 0.0917. The molecule has 1 amide bonds. The number of hydrogen-bond donors (Lipinski definition) is 0. The number of benzene rings is 2. The van der Waals surface area contributed by atoms with Crippen molar-refractivity contribution in [1.82, 2.24) is 4.98 Å². The third kappa shape index (κ3) is 3.90. The summed E-state index contributed by atoms with van der Waals surface area (Å²) in [5, 5.41) is 9.67. The van der Waals surface area contributed by atoms with Gasteiger partial charge in [-0.05, 0) is 61.6 Å². The minimum Gasteiger partial charge on any atom is -0.376 e. The molecule has 4 rings (SSSR count). The fourth-order valence-electron chi connectivity index (χ4n) is 3.22. The quantitative estimate of drug-likeness (QED) is 0.571. The number of nitriles is 1. The van der Waals surface area contributed by atoms with E-state index in [1.807, 2.05) is 18.4 Å². The Balaban J connectivity index is 1.69. The average molecular weight is 410 g/mol. The van der Waals surface area contributed by atoms with Gasteiger partial charge in [0.25, 0.3) is 5.91 Å². The van der Waals surface area contributed by atoms with Crippen LogP contribution in [0.25, 0.3) is 10.2 Å². The van der Waals surface area contributed by atoms with Crippen LogP contribution in [-0.2, 0) is 4.74 Å². The normalized spacial score (nSPS) is 16.2. The van der Waals surface area contributed by atoms with E-state index in [0.29, 0.717) is 22.8 Å². The molecule has 7 heteroatoms. The van der Waals surface area contributed by atoms with Gasteiger partial charge in [0.15, 0.2) is 5.13 Å². The minimum absolute atomic E-state index is 0.0242. The third-order valence-electron chi connectivity index (χ3n) is 4.73. The van der Waals surface area contributed by atoms with Gasteiger partial charge in [0, 0.05) is 17.1 Å². The van der Waals surface area contributed by atoms with E-state index < -0.39 is 0 Å². The summed E-state index contributed by atoms with van der Waals surface area (Å²) in [6.07, 6.45) is 4.02. The van der Waals surface area contributed by atoms with E-state index in [1.54, 1.807) is 40.9 Å². The Labute approximate surface area is 171 Å². The molecule has 2 heterocycles. The van der Waals surface area contributed by atoms with Crippen LogP contribution in [0.3, 0.4) is 0 Å². The van der Waals surface area contributed by atoms with Gasteiger partial charge in [0.2, 0.25) is 0 Å². The summed E-state index contributed by atoms with van der Waals surface area (Å²) < 4.78 is 6.84. The number of anilines is 1. The molecule has 5 nitrogen and oxygen atoms in total. The molecule has 0 saturated carbocycles. The highest BCUT2D eigenvalue weighted by Gasteiger charge is 2.27. The zero-order valence-corrected chi connectivity index (χ0v) is 17.1. The molecule has 0 N–H and O–H groups in total. The molecule has 2 aromatic carbocycles. The Hall–Kier alpha value is -2.40. The Kier molecular flexibility index (Phi) is 5.62. The lowest BCUT2D eigenvalue weighted by Gasteiger charge is -2.23. The topological polar surface area (TPSA) is 66.2 Å². The van der Waals surface area contributed by atoms with E-state index in [4.69, 9.17) is 15.0 Å². The molecule has 0 aliphatic carbocycles. The SMILES string of the molecule is CSc1ccc2nc(N(CC3CCCO3)C(=O)c3ccc(C#N)cc3)sc2c1. The molecule has 142 valence electrons. The summed E-state index contributed by atoms with van der Waals surface area (Å²) >= 11 is 3.21. The number of amides is 1. The van der Waals surface area contributed by atoms with Crippen LogP contribution in [0, 0.1) is 11.3 Å². The number of carbonyl (C=O) groups excluding carboxylic acids is 1. The Morgan fingerprint density at radius 2 is 2.18 bits per heavy atom. The first-order valence-corrected chi connectivity index (χ1v) is 11.1. The van der Waals surface area contributed by atoms with Crippen molar-refractivity contribution in [3.8, 4) is 6.07 Å². The fourth-order valence-corrected chi connectivity index (χ4v) is 4.75. The molecule has 1 aliphatic heterocycles. The number of thiazole rings is 1. The van der Waals surface area contributed by atoms with E-state index in [1.165, 1.54) is 16.2 Å². The van der Waals surface area contributed by atoms with Crippen molar-refractivity contribution in [2.45, 2.75) is 23.8 Å². The van der Waals surface area contributed by atoms with Crippen molar-refractivity contribution < 1.29 is 9.53 Å². The second kappa shape index (κ2) is 8.31. The van der Waals surface area contributed by atoms with Gasteiger partial charge in [-0.2, -0.15) is 5.26 Å². The average Bonchev–Trinajstić information content (AvgIpc) is 3.40. The van der Waals surface area contributed by atoms with Crippen molar-refractivity contribution in [2.75, 3.05) is 24.3 Å². The van der Waals surface area contributed by atoms with Gasteiger partial charge in [0.1, 0.15) is 0 Å². The van der Waals surface area contributed by atoms with Gasteiger partial charge in [-0.15, -0.1) is 11.8 Å². The molecular weight excluding hydrogens is 390 g/mol. The van der Waals surface area contributed by atoms with E-state index in [-0.39, 0.29) is 12.0 Å². The molecule has 1 atom stereocenters. The predicted molar refractivity (Wildman–Crippen MR) is 113 cm³/mol. The van der Waals surface area contributed by atoms with Gasteiger partial charge < -0.3 is 4.74 Å². The second-order valence-corrected chi connectivity index (χ2v) is 8.46. The van der Waals surface area contributed by atoms with Crippen molar-refractivity contribution in [2.24, 2.45) is 0 Å². The second-order valence-electron chi connectivity index (χ2n) is 6.57. The van der Waals surface area contributed by atoms with Crippen LogP contribution in [0.2, 0.25) is 0 Å². The highest BCUT2D eigenvalue weighted by atomic mass is 32.2. The molecule has 1 aromatic heterocycles. The molecule has 1 fully saturated rings. The van der Waals surface area contributed by atoms with Crippen LogP contribution >= 0.6 is 23.1 Å². The minimum atomic E-state index is -0.121. The van der Waals surface area contributed by atoms with Gasteiger partial charge >= 0.3 is 0 Å². The van der Waals surface area contributed by atoms with Crippen LogP contribution in [0.15, 0.2) is 47.4 Å². The lowest BCUT2D eigenvalue weighted by Crippen LogP contribution is -2.37. The summed E-state index contributed by atoms with van der Waals surface area (Å²) in [5.41, 5.74) is 1.97. The van der Waals surface area contributed by atoms with E-state index >= 15 is 0 Å². The number of aromatic nitrogens is 1. The first-order chi connectivity index (χ1) is 13.7. The third-order valence-corrected chi connectivity index (χ3v) is 6.50. The first kappa shape index (κ1) is 18.9. The van der Waals surface area contributed by atoms with Crippen LogP contribution in [0.1, 0.15) is 28.8 Å². The molecule has 1 unspecified atom stereocenters. The monoisotopic (exact) mass is 409 g/mol. The first-order valence-electron chi connectivity index (χ1n) is 9.06. The van der Waals surface area contributed by atoms with Gasteiger partial charge in [-0.3, -0.25) is 9.69 Å². The van der Waals surface area contributed by atoms with Gasteiger partial charge in [-0.1, -0.05) is 11.3 Å². The van der Waals surface area contributed by atoms with Crippen LogP contribution in [-0.4, -0.2) is 36.4 Å². The molecule has 1 saturated heterocycles. The van der Waals surface area contributed by atoms with E-state index in [9.17, 15) is 4.79 Å². The number of rotatable bonds is 5. The Morgan fingerprint density at radius 1 is 1.36 bits per heavy atom. The highest BCUT2D eigenvalue weighted by Crippen LogP contribution is 2.33. The van der Waals surface area contributed by atoms with Crippen LogP contribution < -0.4 is 4.90 Å². The van der Waals surface area contributed by atoms with Crippen molar-refractivity contribution in [3.63, 3.8) is 0 Å². The maximum absolute atomic E-state index is 13.3. The summed E-state index contributed by atoms with van der Waals surface area (Å²) in [4.78, 5) is 20.9. The molecule has 0 bridgehead atoms. The maximum atomic E-state index is 13.3. The fraction of sp³-hybridized carbons (Fsp3) is 0.286. The van der Waals surface area contributed by atoms with Crippen LogP contribution in [0.5, 0.6) is 0 Å². The molecule has 0 spiro atoms. The largest absolute Gasteiger partial charge is 0.376 e. The van der Waals surface area contributed by atoms with E-state index in [0.717, 1.165) is 29.7 Å². The number of fused-ring (bicyclic) bond motifs is 1. The van der Waals surface area contributed by atoms with Crippen molar-refractivity contribution >= 4 is 44.4 Å².